The van der Waals surface area contributed by atoms with Crippen LogP contribution in [0.1, 0.15) is 5.56 Å². The van der Waals surface area contributed by atoms with Crippen LogP contribution in [-0.2, 0) is 6.18 Å². The third kappa shape index (κ3) is 4.05. The molecule has 1 aliphatic rings. The third-order valence-electron chi connectivity index (χ3n) is 6.78. The van der Waals surface area contributed by atoms with Crippen molar-refractivity contribution in [2.75, 3.05) is 38.1 Å². The van der Waals surface area contributed by atoms with Crippen LogP contribution in [0, 0.1) is 0 Å². The molecule has 0 radical (unpaired) electrons. The number of hydrogen-bond acceptors (Lipinski definition) is 5. The van der Waals surface area contributed by atoms with Gasteiger partial charge in [-0.2, -0.15) is 18.3 Å². The van der Waals surface area contributed by atoms with Gasteiger partial charge in [0.05, 0.1) is 17.3 Å². The second kappa shape index (κ2) is 8.60. The summed E-state index contributed by atoms with van der Waals surface area (Å²) in [7, 11) is 2.14. The van der Waals surface area contributed by atoms with Crippen molar-refractivity contribution >= 4 is 22.2 Å². The van der Waals surface area contributed by atoms with E-state index in [1.54, 1.807) is 29.2 Å². The highest BCUT2D eigenvalue weighted by atomic mass is 19.4. The summed E-state index contributed by atoms with van der Waals surface area (Å²) < 4.78 is 41.7. The zero-order valence-corrected chi connectivity index (χ0v) is 19.6. The van der Waals surface area contributed by atoms with Crippen molar-refractivity contribution in [2.24, 2.45) is 0 Å². The largest absolute Gasteiger partial charge is 0.416 e. The number of nitrogens with zero attached hydrogens (tertiary/aromatic N) is 6. The molecule has 182 valence electrons. The van der Waals surface area contributed by atoms with Crippen molar-refractivity contribution < 1.29 is 13.2 Å². The van der Waals surface area contributed by atoms with Crippen LogP contribution in [0.5, 0.6) is 0 Å². The molecule has 0 saturated carbocycles. The molecule has 0 aliphatic carbocycles. The van der Waals surface area contributed by atoms with Crippen molar-refractivity contribution in [3.63, 3.8) is 0 Å². The smallest absolute Gasteiger partial charge is 0.369 e. The van der Waals surface area contributed by atoms with Gasteiger partial charge in [0.2, 0.25) is 0 Å². The average Bonchev–Trinajstić information content (AvgIpc) is 3.31. The van der Waals surface area contributed by atoms with Crippen LogP contribution in [0.2, 0.25) is 0 Å². The Hall–Kier alpha value is -3.98. The lowest BCUT2D eigenvalue weighted by atomic mass is 10.0. The Kier molecular flexibility index (Phi) is 5.37. The monoisotopic (exact) mass is 488 g/mol. The van der Waals surface area contributed by atoms with E-state index in [1.165, 1.54) is 11.8 Å². The van der Waals surface area contributed by atoms with Gasteiger partial charge in [0, 0.05) is 67.0 Å². The van der Waals surface area contributed by atoms with E-state index in [-0.39, 0.29) is 0 Å². The first-order valence-corrected chi connectivity index (χ1v) is 11.7. The number of rotatable bonds is 3. The summed E-state index contributed by atoms with van der Waals surface area (Å²) in [5.74, 6) is 0. The van der Waals surface area contributed by atoms with E-state index in [0.29, 0.717) is 27.7 Å². The lowest BCUT2D eigenvalue weighted by Gasteiger charge is -2.34. The molecule has 0 atom stereocenters. The predicted molar refractivity (Wildman–Crippen MR) is 134 cm³/mol. The fraction of sp³-hybridized carbons (Fsp3) is 0.222. The van der Waals surface area contributed by atoms with Gasteiger partial charge in [-0.25, -0.2) is 9.50 Å². The molecule has 0 spiro atoms. The molecular formula is C27H23F3N6. The van der Waals surface area contributed by atoms with E-state index in [0.717, 1.165) is 49.4 Å². The lowest BCUT2D eigenvalue weighted by Crippen LogP contribution is -2.44. The number of halogens is 3. The van der Waals surface area contributed by atoms with Crippen LogP contribution in [-0.4, -0.2) is 57.7 Å². The second-order valence-electron chi connectivity index (χ2n) is 9.09. The van der Waals surface area contributed by atoms with E-state index in [4.69, 9.17) is 0 Å². The van der Waals surface area contributed by atoms with Crippen LogP contribution in [0.4, 0.5) is 18.9 Å². The molecule has 4 heterocycles. The van der Waals surface area contributed by atoms with Crippen LogP contribution in [0.3, 0.4) is 0 Å². The molecule has 1 fully saturated rings. The second-order valence-corrected chi connectivity index (χ2v) is 9.09. The van der Waals surface area contributed by atoms with Gasteiger partial charge in [-0.15, -0.1) is 0 Å². The molecule has 9 heteroatoms. The fourth-order valence-electron chi connectivity index (χ4n) is 4.70. The molecular weight excluding hydrogens is 465 g/mol. The van der Waals surface area contributed by atoms with Gasteiger partial charge in [-0.05, 0) is 54.6 Å². The van der Waals surface area contributed by atoms with Crippen LogP contribution >= 0.6 is 0 Å². The Morgan fingerprint density at radius 1 is 0.806 bits per heavy atom. The topological polar surface area (TPSA) is 49.6 Å². The highest BCUT2D eigenvalue weighted by Crippen LogP contribution is 2.36. The van der Waals surface area contributed by atoms with Crippen molar-refractivity contribution in [2.45, 2.75) is 6.18 Å². The standard InChI is InChI=1S/C27H23F3N6/c1-34-10-12-35(13-11-34)21-5-2-18(3-6-21)19-15-32-26-24(16-33-36(26)17-19)22-8-9-31-25-7-4-20(14-23(22)25)27(28,29)30/h2-9,14-17H,10-13H2,1H3. The maximum Gasteiger partial charge on any atom is 0.416 e. The Bertz CT molecular complexity index is 1550. The number of fused-ring (bicyclic) bond motifs is 2. The molecule has 36 heavy (non-hydrogen) atoms. The number of likely N-dealkylation sites (N-methyl/N-ethyl adjacent to an activating group) is 1. The molecule has 0 amide bonds. The Morgan fingerprint density at radius 3 is 2.33 bits per heavy atom. The van der Waals surface area contributed by atoms with Gasteiger partial charge in [0.15, 0.2) is 5.65 Å². The minimum Gasteiger partial charge on any atom is -0.369 e. The van der Waals surface area contributed by atoms with Crippen LogP contribution in [0.25, 0.3) is 38.8 Å². The Morgan fingerprint density at radius 2 is 1.58 bits per heavy atom. The van der Waals surface area contributed by atoms with Gasteiger partial charge >= 0.3 is 6.18 Å². The third-order valence-corrected chi connectivity index (χ3v) is 6.78. The maximum absolute atomic E-state index is 13.3. The van der Waals surface area contributed by atoms with Gasteiger partial charge < -0.3 is 9.80 Å². The quantitative estimate of drug-likeness (QED) is 0.341. The van der Waals surface area contributed by atoms with Crippen molar-refractivity contribution in [3.8, 4) is 22.3 Å². The Balaban J connectivity index is 1.34. The molecule has 0 unspecified atom stereocenters. The highest BCUT2D eigenvalue weighted by Gasteiger charge is 2.31. The van der Waals surface area contributed by atoms with Gasteiger partial charge in [0.1, 0.15) is 0 Å². The molecule has 0 bridgehead atoms. The summed E-state index contributed by atoms with van der Waals surface area (Å²) in [6, 6.07) is 13.7. The number of pyridine rings is 1. The number of piperazine rings is 1. The number of anilines is 1. The van der Waals surface area contributed by atoms with E-state index in [2.05, 4.69) is 56.2 Å². The molecule has 3 aromatic heterocycles. The van der Waals surface area contributed by atoms with E-state index < -0.39 is 11.7 Å². The van der Waals surface area contributed by atoms with Crippen LogP contribution < -0.4 is 4.90 Å². The molecule has 0 N–H and O–H groups in total. The highest BCUT2D eigenvalue weighted by molar-refractivity contribution is 5.98. The van der Waals surface area contributed by atoms with Gasteiger partial charge in [-0.3, -0.25) is 4.98 Å². The Labute approximate surface area is 205 Å². The summed E-state index contributed by atoms with van der Waals surface area (Å²) >= 11 is 0. The summed E-state index contributed by atoms with van der Waals surface area (Å²) in [5, 5.41) is 4.87. The zero-order valence-electron chi connectivity index (χ0n) is 19.6. The molecule has 6 nitrogen and oxygen atoms in total. The number of alkyl halides is 3. The summed E-state index contributed by atoms with van der Waals surface area (Å²) in [6.07, 6.45) is 2.45. The predicted octanol–water partition coefficient (Wildman–Crippen LogP) is 5.38. The first kappa shape index (κ1) is 22.5. The summed E-state index contributed by atoms with van der Waals surface area (Å²) in [5.41, 5.74) is 4.72. The van der Waals surface area contributed by atoms with Crippen molar-refractivity contribution in [1.29, 1.82) is 0 Å². The van der Waals surface area contributed by atoms with Gasteiger partial charge in [0.25, 0.3) is 0 Å². The normalized spacial score (nSPS) is 15.2. The zero-order chi connectivity index (χ0) is 24.9. The van der Waals surface area contributed by atoms with Crippen molar-refractivity contribution in [1.82, 2.24) is 24.5 Å². The SMILES string of the molecule is CN1CCN(c2ccc(-c3cnc4c(-c5ccnc6ccc(C(F)(F)F)cc56)cnn4c3)cc2)CC1. The van der Waals surface area contributed by atoms with E-state index >= 15 is 0 Å². The maximum atomic E-state index is 13.3. The molecule has 1 saturated heterocycles. The number of aromatic nitrogens is 4. The summed E-state index contributed by atoms with van der Waals surface area (Å²) in [6.45, 7) is 4.11. The lowest BCUT2D eigenvalue weighted by molar-refractivity contribution is -0.137. The molecule has 5 aromatic rings. The van der Waals surface area contributed by atoms with Gasteiger partial charge in [-0.1, -0.05) is 12.1 Å². The van der Waals surface area contributed by atoms with Crippen molar-refractivity contribution in [3.05, 3.63) is 78.9 Å². The minimum atomic E-state index is -4.44. The average molecular weight is 489 g/mol. The van der Waals surface area contributed by atoms with E-state index in [9.17, 15) is 13.2 Å². The number of benzene rings is 2. The van der Waals surface area contributed by atoms with E-state index in [1.807, 2.05) is 6.20 Å². The van der Waals surface area contributed by atoms with Crippen LogP contribution in [0.15, 0.2) is 73.3 Å². The fourth-order valence-corrected chi connectivity index (χ4v) is 4.70. The molecule has 6 rings (SSSR count). The first-order chi connectivity index (χ1) is 17.4. The number of hydrogen-bond donors (Lipinski definition) is 0. The molecule has 1 aliphatic heterocycles. The molecule has 2 aromatic carbocycles. The summed E-state index contributed by atoms with van der Waals surface area (Å²) in [4.78, 5) is 13.6. The minimum absolute atomic E-state index is 0.410. The first-order valence-electron chi connectivity index (χ1n) is 11.7.